The minimum absolute atomic E-state index is 0.0494. The fraction of sp³-hybridized carbons (Fsp3) is 0.579. The molecule has 3 heteroatoms. The van der Waals surface area contributed by atoms with Crippen LogP contribution in [0.1, 0.15) is 52.5 Å². The van der Waals surface area contributed by atoms with E-state index in [2.05, 4.69) is 83.6 Å². The van der Waals surface area contributed by atoms with Gasteiger partial charge in [0.25, 0.3) is 0 Å². The van der Waals surface area contributed by atoms with Crippen LogP contribution in [0.2, 0.25) is 0 Å². The number of fused-ring (bicyclic) bond motifs is 1. The molecule has 1 N–H and O–H groups in total. The smallest absolute Gasteiger partial charge is 0.186 e. The largest absolute Gasteiger partial charge is 0.381 e. The fourth-order valence-corrected chi connectivity index (χ4v) is 3.43. The zero-order valence-corrected chi connectivity index (χ0v) is 15.1. The Kier molecular flexibility index (Phi) is 4.77. The molecule has 22 heavy (non-hydrogen) atoms. The van der Waals surface area contributed by atoms with Gasteiger partial charge in [-0.2, -0.15) is 0 Å². The Morgan fingerprint density at radius 2 is 1.91 bits per heavy atom. The van der Waals surface area contributed by atoms with Gasteiger partial charge in [0.1, 0.15) is 0 Å². The van der Waals surface area contributed by atoms with E-state index in [1.54, 1.807) is 0 Å². The highest BCUT2D eigenvalue weighted by atomic mass is 15.1. The summed E-state index contributed by atoms with van der Waals surface area (Å²) in [4.78, 5) is 2.40. The summed E-state index contributed by atoms with van der Waals surface area (Å²) in [5, 5.41) is 3.76. The lowest BCUT2D eigenvalue weighted by Gasteiger charge is -2.39. The number of hydrogen-bond donors (Lipinski definition) is 1. The zero-order valence-electron chi connectivity index (χ0n) is 15.1. The molecule has 0 saturated carbocycles. The van der Waals surface area contributed by atoms with E-state index in [0.717, 1.165) is 13.0 Å². The Bertz CT molecular complexity index is 536. The van der Waals surface area contributed by atoms with E-state index >= 15 is 0 Å². The zero-order chi connectivity index (χ0) is 16.5. The van der Waals surface area contributed by atoms with Crippen LogP contribution in [0.3, 0.4) is 0 Å². The number of para-hydroxylation sites is 1. The van der Waals surface area contributed by atoms with Gasteiger partial charge in [-0.15, -0.1) is 6.58 Å². The average Bonchev–Trinajstić information content (AvgIpc) is 2.83. The average molecular weight is 298 g/mol. The second kappa shape index (κ2) is 6.12. The molecular formula is C19H31BN2. The van der Waals surface area contributed by atoms with Crippen LogP contribution in [0.4, 0.5) is 5.69 Å². The molecular weight excluding hydrogens is 267 g/mol. The molecule has 0 unspecified atom stereocenters. The third kappa shape index (κ3) is 3.25. The highest BCUT2D eigenvalue weighted by Gasteiger charge is 2.39. The van der Waals surface area contributed by atoms with Crippen molar-refractivity contribution in [2.75, 3.05) is 11.9 Å². The molecule has 1 heterocycles. The summed E-state index contributed by atoms with van der Waals surface area (Å²) in [5.74, 6) is 0.559. The first-order chi connectivity index (χ1) is 10.2. The van der Waals surface area contributed by atoms with Crippen molar-refractivity contribution in [1.29, 1.82) is 0 Å². The van der Waals surface area contributed by atoms with Gasteiger partial charge in [-0.05, 0) is 43.9 Å². The lowest BCUT2D eigenvalue weighted by Crippen LogP contribution is -2.44. The lowest BCUT2D eigenvalue weighted by molar-refractivity contribution is 0.207. The van der Waals surface area contributed by atoms with E-state index in [1.807, 2.05) is 6.08 Å². The highest BCUT2D eigenvalue weighted by Crippen LogP contribution is 2.44. The molecule has 0 fully saturated rings. The molecule has 0 aromatic heterocycles. The van der Waals surface area contributed by atoms with Gasteiger partial charge in [0, 0.05) is 23.2 Å². The van der Waals surface area contributed by atoms with Crippen molar-refractivity contribution in [3.63, 3.8) is 0 Å². The molecule has 0 aliphatic carbocycles. The first-order valence-electron chi connectivity index (χ1n) is 8.39. The Balaban J connectivity index is 2.05. The first-order valence-corrected chi connectivity index (χ1v) is 8.39. The third-order valence-electron chi connectivity index (χ3n) is 5.68. The lowest BCUT2D eigenvalue weighted by atomic mass is 9.75. The maximum atomic E-state index is 3.96. The van der Waals surface area contributed by atoms with Crippen molar-refractivity contribution in [2.45, 2.75) is 58.5 Å². The van der Waals surface area contributed by atoms with E-state index < -0.39 is 0 Å². The standard InChI is InChI=1S/C19H31BN2/c1-7-19(5,6)22(20)13-12-18(3,4)17-14(2)15-10-8-9-11-16(15)21-17/h7-11,14,17,21H,1,12-13,20H2,2-6H3/t14-,17+/m0/s1. The van der Waals surface area contributed by atoms with E-state index in [0.29, 0.717) is 12.0 Å². The van der Waals surface area contributed by atoms with E-state index in [4.69, 9.17) is 0 Å². The molecule has 0 amide bonds. The molecule has 1 aliphatic rings. The van der Waals surface area contributed by atoms with Gasteiger partial charge in [0.2, 0.25) is 0 Å². The Hall–Kier alpha value is -1.22. The van der Waals surface area contributed by atoms with Crippen LogP contribution in [0.15, 0.2) is 36.9 Å². The van der Waals surface area contributed by atoms with Crippen molar-refractivity contribution in [3.8, 4) is 0 Å². The quantitative estimate of drug-likeness (QED) is 0.634. The maximum absolute atomic E-state index is 3.96. The van der Waals surface area contributed by atoms with Crippen molar-refractivity contribution in [2.24, 2.45) is 5.41 Å². The van der Waals surface area contributed by atoms with Gasteiger partial charge >= 0.3 is 0 Å². The molecule has 0 spiro atoms. The molecule has 2 atom stereocenters. The summed E-state index contributed by atoms with van der Waals surface area (Å²) in [6.07, 6.45) is 3.20. The predicted molar refractivity (Wildman–Crippen MR) is 100 cm³/mol. The number of nitrogens with one attached hydrogen (secondary N) is 1. The van der Waals surface area contributed by atoms with Crippen molar-refractivity contribution < 1.29 is 0 Å². The monoisotopic (exact) mass is 298 g/mol. The van der Waals surface area contributed by atoms with Gasteiger partial charge in [0.15, 0.2) is 7.98 Å². The summed E-state index contributed by atoms with van der Waals surface area (Å²) in [6, 6.07) is 9.22. The molecule has 1 aromatic carbocycles. The molecule has 2 nitrogen and oxygen atoms in total. The first kappa shape index (κ1) is 17.1. The number of rotatable bonds is 6. The van der Waals surface area contributed by atoms with E-state index in [9.17, 15) is 0 Å². The van der Waals surface area contributed by atoms with Crippen LogP contribution in [0.25, 0.3) is 0 Å². The summed E-state index contributed by atoms with van der Waals surface area (Å²) in [6.45, 7) is 16.6. The maximum Gasteiger partial charge on any atom is 0.186 e. The summed E-state index contributed by atoms with van der Waals surface area (Å²) < 4.78 is 0. The third-order valence-corrected chi connectivity index (χ3v) is 5.68. The highest BCUT2D eigenvalue weighted by molar-refractivity contribution is 6.05. The number of hydrogen-bond acceptors (Lipinski definition) is 2. The number of anilines is 1. The molecule has 0 saturated heterocycles. The topological polar surface area (TPSA) is 15.3 Å². The van der Waals surface area contributed by atoms with Crippen LogP contribution in [-0.2, 0) is 0 Å². The van der Waals surface area contributed by atoms with Gasteiger partial charge in [0.05, 0.1) is 0 Å². The van der Waals surface area contributed by atoms with Gasteiger partial charge in [-0.25, -0.2) is 0 Å². The normalized spacial score (nSPS) is 21.5. The van der Waals surface area contributed by atoms with Gasteiger partial charge in [-0.1, -0.05) is 45.0 Å². The van der Waals surface area contributed by atoms with Gasteiger partial charge in [-0.3, -0.25) is 0 Å². The van der Waals surface area contributed by atoms with Crippen molar-refractivity contribution in [3.05, 3.63) is 42.5 Å². The van der Waals surface area contributed by atoms with Crippen LogP contribution < -0.4 is 5.32 Å². The second-order valence-corrected chi connectivity index (χ2v) is 8.02. The van der Waals surface area contributed by atoms with Crippen molar-refractivity contribution >= 4 is 13.7 Å². The van der Waals surface area contributed by atoms with Crippen LogP contribution >= 0.6 is 0 Å². The minimum atomic E-state index is 0.0494. The Morgan fingerprint density at radius 3 is 2.50 bits per heavy atom. The summed E-state index contributed by atoms with van der Waals surface area (Å²) >= 11 is 0. The molecule has 1 aliphatic heterocycles. The van der Waals surface area contributed by atoms with Crippen molar-refractivity contribution in [1.82, 2.24) is 4.81 Å². The van der Waals surface area contributed by atoms with Crippen LogP contribution in [-0.4, -0.2) is 30.9 Å². The van der Waals surface area contributed by atoms with E-state index in [-0.39, 0.29) is 11.0 Å². The van der Waals surface area contributed by atoms with E-state index in [1.165, 1.54) is 11.3 Å². The molecule has 0 bridgehead atoms. The second-order valence-electron chi connectivity index (χ2n) is 8.02. The number of nitrogens with zero attached hydrogens (tertiary/aromatic N) is 1. The van der Waals surface area contributed by atoms with Crippen LogP contribution in [0, 0.1) is 5.41 Å². The molecule has 2 rings (SSSR count). The van der Waals surface area contributed by atoms with Gasteiger partial charge < -0.3 is 10.1 Å². The number of benzene rings is 1. The summed E-state index contributed by atoms with van der Waals surface area (Å²) in [5.41, 5.74) is 3.06. The predicted octanol–water partition coefficient (Wildman–Crippen LogP) is 3.82. The minimum Gasteiger partial charge on any atom is -0.381 e. The molecule has 120 valence electrons. The molecule has 1 aromatic rings. The van der Waals surface area contributed by atoms with Crippen LogP contribution in [0.5, 0.6) is 0 Å². The Labute approximate surface area is 137 Å². The summed E-state index contributed by atoms with van der Waals surface area (Å²) in [7, 11) is 2.19. The Morgan fingerprint density at radius 1 is 1.27 bits per heavy atom. The SMILES string of the molecule is BN(CCC(C)(C)[C@@H]1Nc2ccccc2[C@@H]1C)C(C)(C)C=C. The molecule has 0 radical (unpaired) electrons. The fourth-order valence-electron chi connectivity index (χ4n) is 3.43.